The number of ether oxygens (including phenoxy) is 3. The third-order valence-electron chi connectivity index (χ3n) is 15.0. The first kappa shape index (κ1) is 43.3. The number of hydrogen-bond donors (Lipinski definition) is 0. The molecule has 0 saturated heterocycles. The lowest BCUT2D eigenvalue weighted by Gasteiger charge is -2.58. The summed E-state index contributed by atoms with van der Waals surface area (Å²) in [6.07, 6.45) is 32.7. The molecule has 4 aliphatic rings. The monoisotopic (exact) mass is 714 g/mol. The quantitative estimate of drug-likeness (QED) is 0.0659. The van der Waals surface area contributed by atoms with Gasteiger partial charge in [0.25, 0.3) is 0 Å². The summed E-state index contributed by atoms with van der Waals surface area (Å²) in [5, 5.41) is 0. The minimum atomic E-state index is 0.353. The van der Waals surface area contributed by atoms with Gasteiger partial charge in [0.05, 0.1) is 25.4 Å². The van der Waals surface area contributed by atoms with Crippen LogP contribution in [0.25, 0.3) is 0 Å². The summed E-state index contributed by atoms with van der Waals surface area (Å²) in [7, 11) is 4.28. The number of fused-ring (bicyclic) bond motifs is 5. The molecule has 0 aromatic heterocycles. The molecule has 3 fully saturated rings. The molecule has 4 nitrogen and oxygen atoms in total. The van der Waals surface area contributed by atoms with Gasteiger partial charge < -0.3 is 19.1 Å². The summed E-state index contributed by atoms with van der Waals surface area (Å²) in [5.41, 5.74) is 2.81. The van der Waals surface area contributed by atoms with Crippen LogP contribution in [0.5, 0.6) is 0 Å². The van der Waals surface area contributed by atoms with Crippen LogP contribution in [0.15, 0.2) is 11.6 Å². The van der Waals surface area contributed by atoms with Gasteiger partial charge in [-0.3, -0.25) is 0 Å². The first-order valence-corrected chi connectivity index (χ1v) is 22.7. The van der Waals surface area contributed by atoms with Gasteiger partial charge in [0, 0.05) is 19.8 Å². The summed E-state index contributed by atoms with van der Waals surface area (Å²) in [5.74, 6) is 5.51. The highest BCUT2D eigenvalue weighted by Crippen LogP contribution is 2.67. The van der Waals surface area contributed by atoms with Crippen LogP contribution in [0.4, 0.5) is 0 Å². The SMILES string of the molecule is CCCCCCCOCC(COCCCCCCCCOC1CCC2(C)C(=CCC3[C@@H]2CCC2(C)[C@@H]([C@H](C)CCCC(C)C)CC[C@@H]32)C1)N(C)C. The van der Waals surface area contributed by atoms with Crippen molar-refractivity contribution >= 4 is 0 Å². The van der Waals surface area contributed by atoms with Crippen LogP contribution in [-0.2, 0) is 14.2 Å². The first-order valence-electron chi connectivity index (χ1n) is 22.7. The largest absolute Gasteiger partial charge is 0.380 e. The van der Waals surface area contributed by atoms with Crippen LogP contribution >= 0.6 is 0 Å². The van der Waals surface area contributed by atoms with Gasteiger partial charge in [-0.15, -0.1) is 0 Å². The zero-order chi connectivity index (χ0) is 36.7. The predicted molar refractivity (Wildman–Crippen MR) is 218 cm³/mol. The van der Waals surface area contributed by atoms with E-state index in [4.69, 9.17) is 14.2 Å². The van der Waals surface area contributed by atoms with Crippen LogP contribution < -0.4 is 0 Å². The van der Waals surface area contributed by atoms with Crippen molar-refractivity contribution in [1.29, 1.82) is 0 Å². The van der Waals surface area contributed by atoms with Gasteiger partial charge in [0.1, 0.15) is 0 Å². The fourth-order valence-corrected chi connectivity index (χ4v) is 11.7. The molecule has 4 heteroatoms. The van der Waals surface area contributed by atoms with E-state index in [1.807, 2.05) is 0 Å². The summed E-state index contributed by atoms with van der Waals surface area (Å²) < 4.78 is 18.6. The molecule has 298 valence electrons. The van der Waals surface area contributed by atoms with E-state index in [0.29, 0.717) is 23.0 Å². The number of unbranched alkanes of at least 4 members (excludes halogenated alkanes) is 9. The van der Waals surface area contributed by atoms with Gasteiger partial charge in [-0.1, -0.05) is 124 Å². The van der Waals surface area contributed by atoms with Gasteiger partial charge in [0.15, 0.2) is 0 Å². The first-order chi connectivity index (χ1) is 24.6. The average molecular weight is 714 g/mol. The zero-order valence-corrected chi connectivity index (χ0v) is 35.5. The Kier molecular flexibility index (Phi) is 18.9. The maximum Gasteiger partial charge on any atom is 0.0644 e. The average Bonchev–Trinajstić information content (AvgIpc) is 3.46. The van der Waals surface area contributed by atoms with Gasteiger partial charge in [-0.05, 0) is 131 Å². The van der Waals surface area contributed by atoms with E-state index < -0.39 is 0 Å². The normalized spacial score (nSPS) is 31.7. The Balaban J connectivity index is 1.06. The van der Waals surface area contributed by atoms with Crippen molar-refractivity contribution in [2.75, 3.05) is 47.1 Å². The number of nitrogens with zero attached hydrogens (tertiary/aromatic N) is 1. The summed E-state index contributed by atoms with van der Waals surface area (Å²) in [4.78, 5) is 2.25. The van der Waals surface area contributed by atoms with Gasteiger partial charge in [0.2, 0.25) is 0 Å². The van der Waals surface area contributed by atoms with Crippen LogP contribution in [0.2, 0.25) is 0 Å². The van der Waals surface area contributed by atoms with Gasteiger partial charge in [-0.25, -0.2) is 0 Å². The summed E-state index contributed by atoms with van der Waals surface area (Å²) in [6.45, 7) is 19.3. The molecule has 0 N–H and O–H groups in total. The second-order valence-electron chi connectivity index (χ2n) is 19.3. The molecule has 51 heavy (non-hydrogen) atoms. The molecule has 0 spiro atoms. The molecule has 0 aliphatic heterocycles. The Hall–Kier alpha value is -0.420. The van der Waals surface area contributed by atoms with E-state index in [-0.39, 0.29) is 0 Å². The van der Waals surface area contributed by atoms with Crippen molar-refractivity contribution in [3.8, 4) is 0 Å². The molecule has 4 aliphatic carbocycles. The highest BCUT2D eigenvalue weighted by Gasteiger charge is 2.59. The van der Waals surface area contributed by atoms with Crippen molar-refractivity contribution in [2.45, 2.75) is 195 Å². The fourth-order valence-electron chi connectivity index (χ4n) is 11.7. The molecule has 0 bridgehead atoms. The predicted octanol–water partition coefficient (Wildman–Crippen LogP) is 12.7. The Morgan fingerprint density at radius 2 is 1.37 bits per heavy atom. The van der Waals surface area contributed by atoms with E-state index in [0.717, 1.165) is 68.5 Å². The molecule has 0 aromatic carbocycles. The maximum absolute atomic E-state index is 6.57. The Morgan fingerprint density at radius 1 is 0.725 bits per heavy atom. The molecule has 0 amide bonds. The van der Waals surface area contributed by atoms with Crippen LogP contribution in [0.1, 0.15) is 183 Å². The van der Waals surface area contributed by atoms with Gasteiger partial charge >= 0.3 is 0 Å². The molecule has 3 saturated carbocycles. The third kappa shape index (κ3) is 12.5. The number of hydrogen-bond acceptors (Lipinski definition) is 4. The lowest BCUT2D eigenvalue weighted by Crippen LogP contribution is -2.51. The molecule has 0 aromatic rings. The second kappa shape index (κ2) is 22.2. The molecular formula is C47H87NO3. The van der Waals surface area contributed by atoms with Crippen molar-refractivity contribution in [3.63, 3.8) is 0 Å². The van der Waals surface area contributed by atoms with E-state index in [1.165, 1.54) is 141 Å². The minimum absolute atomic E-state index is 0.353. The third-order valence-corrected chi connectivity index (χ3v) is 15.0. The van der Waals surface area contributed by atoms with Gasteiger partial charge in [-0.2, -0.15) is 0 Å². The highest BCUT2D eigenvalue weighted by atomic mass is 16.5. The lowest BCUT2D eigenvalue weighted by molar-refractivity contribution is -0.0641. The number of rotatable bonds is 26. The lowest BCUT2D eigenvalue weighted by atomic mass is 9.47. The molecule has 4 rings (SSSR count). The number of likely N-dealkylation sites (N-methyl/N-ethyl adjacent to an activating group) is 1. The maximum atomic E-state index is 6.57. The summed E-state index contributed by atoms with van der Waals surface area (Å²) in [6, 6.07) is 0.353. The van der Waals surface area contributed by atoms with Crippen molar-refractivity contribution in [1.82, 2.24) is 4.90 Å². The fraction of sp³-hybridized carbons (Fsp3) is 0.957. The van der Waals surface area contributed by atoms with E-state index in [9.17, 15) is 0 Å². The molecule has 0 radical (unpaired) electrons. The minimum Gasteiger partial charge on any atom is -0.380 e. The Bertz CT molecular complexity index is 979. The highest BCUT2D eigenvalue weighted by molar-refractivity contribution is 5.25. The van der Waals surface area contributed by atoms with Crippen molar-refractivity contribution < 1.29 is 14.2 Å². The molecule has 0 heterocycles. The van der Waals surface area contributed by atoms with Crippen LogP contribution in [0.3, 0.4) is 0 Å². The number of allylic oxidation sites excluding steroid dienone is 1. The second-order valence-corrected chi connectivity index (χ2v) is 19.3. The van der Waals surface area contributed by atoms with E-state index in [2.05, 4.69) is 66.6 Å². The summed E-state index contributed by atoms with van der Waals surface area (Å²) >= 11 is 0. The van der Waals surface area contributed by atoms with Crippen LogP contribution in [-0.4, -0.2) is 64.2 Å². The zero-order valence-electron chi connectivity index (χ0n) is 35.5. The van der Waals surface area contributed by atoms with Crippen LogP contribution in [0, 0.1) is 46.3 Å². The van der Waals surface area contributed by atoms with E-state index >= 15 is 0 Å². The van der Waals surface area contributed by atoms with E-state index in [1.54, 1.807) is 5.57 Å². The Labute approximate surface area is 318 Å². The standard InChI is InChI=1S/C47H87NO3/c1-9-10-11-14-17-31-49-35-40(48(7)8)36-50-32-18-15-12-13-16-19-33-51-41-27-29-46(5)39(34-41)23-24-42-44-26-25-43(38(4)22-20-21-37(2)3)47(44,6)30-28-45(42)46/h23,37-38,40-45H,9-22,24-36H2,1-8H3/t38-,40?,41?,42?,43-,44+,45+,46?,47?/m1/s1. The van der Waals surface area contributed by atoms with Crippen molar-refractivity contribution in [2.24, 2.45) is 46.3 Å². The molecule has 9 atom stereocenters. The van der Waals surface area contributed by atoms with Crippen molar-refractivity contribution in [3.05, 3.63) is 11.6 Å². The topological polar surface area (TPSA) is 30.9 Å². The molecule has 5 unspecified atom stereocenters. The Morgan fingerprint density at radius 3 is 2.02 bits per heavy atom. The molecular weight excluding hydrogens is 627 g/mol. The smallest absolute Gasteiger partial charge is 0.0644 e.